The summed E-state index contributed by atoms with van der Waals surface area (Å²) in [4.78, 5) is 33.0. The number of benzene rings is 1. The van der Waals surface area contributed by atoms with E-state index in [2.05, 4.69) is 33.9 Å². The minimum atomic E-state index is -3.83. The van der Waals surface area contributed by atoms with Gasteiger partial charge < -0.3 is 9.80 Å². The van der Waals surface area contributed by atoms with Crippen molar-refractivity contribution in [1.29, 1.82) is 0 Å². The molecule has 0 aliphatic carbocycles. The maximum atomic E-state index is 13.3. The van der Waals surface area contributed by atoms with Gasteiger partial charge in [-0.05, 0) is 61.4 Å². The van der Waals surface area contributed by atoms with Crippen molar-refractivity contribution in [3.05, 3.63) is 62.1 Å². The van der Waals surface area contributed by atoms with Crippen LogP contribution in [0.3, 0.4) is 0 Å². The van der Waals surface area contributed by atoms with Crippen LogP contribution in [0.5, 0.6) is 0 Å². The molecule has 38 heavy (non-hydrogen) atoms. The summed E-state index contributed by atoms with van der Waals surface area (Å²) in [5.74, 6) is -0.402. The summed E-state index contributed by atoms with van der Waals surface area (Å²) in [6.45, 7) is 3.85. The second-order valence-corrected chi connectivity index (χ2v) is 13.5. The molecule has 2 atom stereocenters. The van der Waals surface area contributed by atoms with E-state index in [4.69, 9.17) is 11.6 Å². The van der Waals surface area contributed by atoms with Gasteiger partial charge in [-0.25, -0.2) is 8.42 Å². The Morgan fingerprint density at radius 2 is 1.87 bits per heavy atom. The Bertz CT molecular complexity index is 1310. The van der Waals surface area contributed by atoms with E-state index in [0.717, 1.165) is 44.3 Å². The standard InChI is InChI=1S/C27H33ClN4O4S2/c28-25-10-9-23(37-25)12-16-38(35,36)29-24-8-4-13-31(27(24)34)19-26(33)32-14-3-7-22(32)18-30-15-11-20-5-1-2-6-21(20)17-30/h1-2,5-6,9-10,12,16,22,24,29H,3-4,7-8,11,13-15,17-19H2/t22-,24-/m0/s1. The first-order chi connectivity index (χ1) is 18.3. The number of nitrogens with one attached hydrogen (secondary N) is 1. The van der Waals surface area contributed by atoms with Crippen molar-refractivity contribution in [3.63, 3.8) is 0 Å². The lowest BCUT2D eigenvalue weighted by atomic mass is 9.99. The van der Waals surface area contributed by atoms with Gasteiger partial charge in [0.25, 0.3) is 0 Å². The molecule has 1 aromatic heterocycles. The van der Waals surface area contributed by atoms with Crippen LogP contribution in [0.15, 0.2) is 41.8 Å². The van der Waals surface area contributed by atoms with E-state index in [1.165, 1.54) is 33.4 Å². The molecule has 0 bridgehead atoms. The lowest BCUT2D eigenvalue weighted by Gasteiger charge is -2.36. The largest absolute Gasteiger partial charge is 0.337 e. The van der Waals surface area contributed by atoms with Gasteiger partial charge in [-0.1, -0.05) is 35.9 Å². The molecule has 0 unspecified atom stereocenters. The van der Waals surface area contributed by atoms with Crippen molar-refractivity contribution < 1.29 is 18.0 Å². The number of halogens is 1. The van der Waals surface area contributed by atoms with E-state index in [9.17, 15) is 18.0 Å². The van der Waals surface area contributed by atoms with Crippen LogP contribution in [0.1, 0.15) is 41.7 Å². The highest BCUT2D eigenvalue weighted by molar-refractivity contribution is 7.92. The molecule has 3 aliphatic heterocycles. The molecule has 0 radical (unpaired) electrons. The predicted molar refractivity (Wildman–Crippen MR) is 150 cm³/mol. The van der Waals surface area contributed by atoms with Crippen molar-refractivity contribution in [3.8, 4) is 0 Å². The van der Waals surface area contributed by atoms with Gasteiger partial charge in [0.15, 0.2) is 0 Å². The number of thiophene rings is 1. The van der Waals surface area contributed by atoms with E-state index in [1.807, 2.05) is 4.90 Å². The average Bonchev–Trinajstić information content (AvgIpc) is 3.54. The third-order valence-corrected chi connectivity index (χ3v) is 9.85. The van der Waals surface area contributed by atoms with Crippen LogP contribution in [0.4, 0.5) is 0 Å². The second kappa shape index (κ2) is 11.9. The van der Waals surface area contributed by atoms with Crippen LogP contribution in [0, 0.1) is 0 Å². The van der Waals surface area contributed by atoms with Crippen molar-refractivity contribution in [2.24, 2.45) is 0 Å². The lowest BCUT2D eigenvalue weighted by molar-refractivity contribution is -0.143. The van der Waals surface area contributed by atoms with Gasteiger partial charge in [-0.2, -0.15) is 4.72 Å². The zero-order valence-corrected chi connectivity index (χ0v) is 23.6. The number of fused-ring (bicyclic) bond motifs is 1. The van der Waals surface area contributed by atoms with Crippen molar-refractivity contribution in [2.45, 2.75) is 50.7 Å². The summed E-state index contributed by atoms with van der Waals surface area (Å²) in [7, 11) is -3.83. The molecule has 2 aromatic rings. The Morgan fingerprint density at radius 3 is 2.66 bits per heavy atom. The molecular weight excluding hydrogens is 544 g/mol. The molecule has 0 spiro atoms. The fourth-order valence-electron chi connectivity index (χ4n) is 5.63. The van der Waals surface area contributed by atoms with Crippen LogP contribution in [0.25, 0.3) is 6.08 Å². The van der Waals surface area contributed by atoms with E-state index < -0.39 is 16.1 Å². The van der Waals surface area contributed by atoms with Gasteiger partial charge in [-0.3, -0.25) is 14.5 Å². The van der Waals surface area contributed by atoms with Crippen molar-refractivity contribution in [1.82, 2.24) is 19.4 Å². The number of piperidine rings is 1. The van der Waals surface area contributed by atoms with Crippen LogP contribution in [-0.2, 0) is 32.6 Å². The molecule has 2 fully saturated rings. The highest BCUT2D eigenvalue weighted by atomic mass is 35.5. The maximum absolute atomic E-state index is 13.3. The molecule has 1 aromatic carbocycles. The summed E-state index contributed by atoms with van der Waals surface area (Å²) in [6.07, 6.45) is 5.44. The molecule has 2 amide bonds. The van der Waals surface area contributed by atoms with Crippen LogP contribution in [-0.4, -0.2) is 79.7 Å². The molecular formula is C27H33ClN4O4S2. The zero-order valence-electron chi connectivity index (χ0n) is 21.2. The van der Waals surface area contributed by atoms with Crippen LogP contribution < -0.4 is 4.72 Å². The quantitative estimate of drug-likeness (QED) is 0.521. The molecule has 204 valence electrons. The molecule has 2 saturated heterocycles. The first-order valence-electron chi connectivity index (χ1n) is 13.1. The number of hydrogen-bond donors (Lipinski definition) is 1. The number of nitrogens with zero attached hydrogens (tertiary/aromatic N) is 3. The van der Waals surface area contributed by atoms with E-state index >= 15 is 0 Å². The van der Waals surface area contributed by atoms with Gasteiger partial charge in [0.1, 0.15) is 6.04 Å². The van der Waals surface area contributed by atoms with E-state index in [-0.39, 0.29) is 24.4 Å². The van der Waals surface area contributed by atoms with Crippen LogP contribution in [0.2, 0.25) is 4.34 Å². The van der Waals surface area contributed by atoms with Gasteiger partial charge in [-0.15, -0.1) is 11.3 Å². The highest BCUT2D eigenvalue weighted by Crippen LogP contribution is 2.25. The molecule has 3 aliphatic rings. The summed E-state index contributed by atoms with van der Waals surface area (Å²) in [6, 6.07) is 11.2. The number of hydrogen-bond acceptors (Lipinski definition) is 6. The summed E-state index contributed by atoms with van der Waals surface area (Å²) >= 11 is 7.17. The molecule has 4 heterocycles. The fraction of sp³-hybridized carbons (Fsp3) is 0.481. The van der Waals surface area contributed by atoms with Gasteiger partial charge in [0, 0.05) is 49.1 Å². The monoisotopic (exact) mass is 576 g/mol. The molecule has 11 heteroatoms. The second-order valence-electron chi connectivity index (χ2n) is 10.2. The van der Waals surface area contributed by atoms with Gasteiger partial charge in [0.05, 0.1) is 10.9 Å². The first kappa shape index (κ1) is 27.3. The maximum Gasteiger partial charge on any atom is 0.242 e. The summed E-state index contributed by atoms with van der Waals surface area (Å²) < 4.78 is 28.3. The Hall–Kier alpha value is -2.24. The van der Waals surface area contributed by atoms with Crippen LogP contribution >= 0.6 is 22.9 Å². The molecule has 0 saturated carbocycles. The SMILES string of the molecule is O=C1[C@@H](NS(=O)(=O)C=Cc2ccc(Cl)s2)CCCN1CC(=O)N1CCC[C@H]1CN1CCc2ccccc2C1. The first-order valence-corrected chi connectivity index (χ1v) is 15.8. The molecule has 8 nitrogen and oxygen atoms in total. The number of likely N-dealkylation sites (tertiary alicyclic amines) is 2. The third kappa shape index (κ3) is 6.66. The number of sulfonamides is 1. The molecule has 5 rings (SSSR count). The van der Waals surface area contributed by atoms with Crippen molar-refractivity contribution in [2.75, 3.05) is 32.7 Å². The van der Waals surface area contributed by atoms with Crippen molar-refractivity contribution >= 4 is 50.9 Å². The van der Waals surface area contributed by atoms with E-state index in [1.54, 1.807) is 12.1 Å². The fourth-order valence-corrected chi connectivity index (χ4v) is 7.70. The smallest absolute Gasteiger partial charge is 0.242 e. The minimum Gasteiger partial charge on any atom is -0.337 e. The normalized spacial score (nSPS) is 22.8. The minimum absolute atomic E-state index is 0.0140. The molecule has 1 N–H and O–H groups in total. The zero-order chi connectivity index (χ0) is 26.7. The third-order valence-electron chi connectivity index (χ3n) is 7.54. The number of rotatable bonds is 8. The number of carbonyl (C=O) groups excluding carboxylic acids is 2. The lowest BCUT2D eigenvalue weighted by Crippen LogP contribution is -2.55. The Kier molecular flexibility index (Phi) is 8.54. The summed E-state index contributed by atoms with van der Waals surface area (Å²) in [5.41, 5.74) is 2.76. The average molecular weight is 577 g/mol. The Morgan fingerprint density at radius 1 is 1.08 bits per heavy atom. The van der Waals surface area contributed by atoms with Gasteiger partial charge in [0.2, 0.25) is 21.8 Å². The Labute approximate surface area is 233 Å². The number of amides is 2. The van der Waals surface area contributed by atoms with E-state index in [0.29, 0.717) is 35.1 Å². The topological polar surface area (TPSA) is 90.0 Å². The summed E-state index contributed by atoms with van der Waals surface area (Å²) in [5, 5.41) is 1.06. The Balaban J connectivity index is 1.16. The predicted octanol–water partition coefficient (Wildman–Crippen LogP) is 3.33. The number of carbonyl (C=O) groups is 2. The van der Waals surface area contributed by atoms with Gasteiger partial charge >= 0.3 is 0 Å². The highest BCUT2D eigenvalue weighted by Gasteiger charge is 2.36.